The van der Waals surface area contributed by atoms with Gasteiger partial charge in [-0.25, -0.2) is 4.39 Å². The summed E-state index contributed by atoms with van der Waals surface area (Å²) in [5, 5.41) is 0. The van der Waals surface area contributed by atoms with E-state index in [0.29, 0.717) is 11.8 Å². The lowest BCUT2D eigenvalue weighted by Crippen LogP contribution is -2.13. The van der Waals surface area contributed by atoms with E-state index in [1.807, 2.05) is 12.1 Å². The number of aryl methyl sites for hydroxylation is 1. The molecule has 0 aliphatic rings. The zero-order chi connectivity index (χ0) is 16.8. The molecule has 123 valence electrons. The maximum atomic E-state index is 13.1. The van der Waals surface area contributed by atoms with Crippen molar-refractivity contribution in [1.82, 2.24) is 0 Å². The van der Waals surface area contributed by atoms with Crippen LogP contribution in [0.1, 0.15) is 63.1 Å². The second kappa shape index (κ2) is 8.29. The van der Waals surface area contributed by atoms with Gasteiger partial charge < -0.3 is 0 Å². The molecule has 0 aromatic heterocycles. The van der Waals surface area contributed by atoms with E-state index in [0.717, 1.165) is 19.3 Å². The molecule has 0 spiro atoms. The van der Waals surface area contributed by atoms with E-state index in [9.17, 15) is 4.39 Å². The minimum atomic E-state index is -0.163. The van der Waals surface area contributed by atoms with Crippen molar-refractivity contribution in [2.45, 2.75) is 52.9 Å². The third kappa shape index (κ3) is 4.67. The van der Waals surface area contributed by atoms with Crippen LogP contribution in [0.2, 0.25) is 0 Å². The summed E-state index contributed by atoms with van der Waals surface area (Å²) in [6.07, 6.45) is 3.14. The molecule has 0 aliphatic heterocycles. The van der Waals surface area contributed by atoms with Crippen LogP contribution >= 0.6 is 0 Å². The summed E-state index contributed by atoms with van der Waals surface area (Å²) in [6, 6.07) is 15.7. The van der Waals surface area contributed by atoms with Crippen LogP contribution in [0.3, 0.4) is 0 Å². The Morgan fingerprint density at radius 3 is 2.22 bits per heavy atom. The average molecular weight is 311 g/mol. The molecule has 0 aliphatic carbocycles. The van der Waals surface area contributed by atoms with Crippen molar-refractivity contribution in [2.75, 3.05) is 0 Å². The molecule has 2 rings (SSSR count). The van der Waals surface area contributed by atoms with Crippen molar-refractivity contribution in [3.63, 3.8) is 0 Å². The maximum absolute atomic E-state index is 13.1. The van der Waals surface area contributed by atoms with E-state index < -0.39 is 0 Å². The highest BCUT2D eigenvalue weighted by molar-refractivity contribution is 5.41. The predicted molar refractivity (Wildman–Crippen MR) is 97.1 cm³/mol. The van der Waals surface area contributed by atoms with E-state index in [1.165, 1.54) is 22.6 Å². The molecule has 1 radical (unpaired) electrons. The van der Waals surface area contributed by atoms with E-state index in [1.54, 1.807) is 12.1 Å². The predicted octanol–water partition coefficient (Wildman–Crippen LogP) is 6.55. The Morgan fingerprint density at radius 1 is 0.957 bits per heavy atom. The maximum Gasteiger partial charge on any atom is 0.123 e. The van der Waals surface area contributed by atoms with Gasteiger partial charge in [0.15, 0.2) is 0 Å². The van der Waals surface area contributed by atoms with Crippen molar-refractivity contribution in [3.8, 4) is 0 Å². The molecule has 1 atom stereocenters. The summed E-state index contributed by atoms with van der Waals surface area (Å²) in [7, 11) is 0. The van der Waals surface area contributed by atoms with Gasteiger partial charge in [-0.3, -0.25) is 0 Å². The lowest BCUT2D eigenvalue weighted by Gasteiger charge is -2.25. The molecule has 0 saturated carbocycles. The highest BCUT2D eigenvalue weighted by Crippen LogP contribution is 2.34. The monoisotopic (exact) mass is 311 g/mol. The van der Waals surface area contributed by atoms with Gasteiger partial charge in [0.1, 0.15) is 5.82 Å². The van der Waals surface area contributed by atoms with E-state index in [2.05, 4.69) is 52.0 Å². The van der Waals surface area contributed by atoms with Gasteiger partial charge in [-0.2, -0.15) is 0 Å². The smallest absolute Gasteiger partial charge is 0.123 e. The van der Waals surface area contributed by atoms with Crippen LogP contribution in [-0.4, -0.2) is 0 Å². The Balaban J connectivity index is 2.20. The number of hydrogen-bond donors (Lipinski definition) is 0. The van der Waals surface area contributed by atoms with Crippen molar-refractivity contribution in [2.24, 2.45) is 5.92 Å². The summed E-state index contributed by atoms with van der Waals surface area (Å²) >= 11 is 0. The first kappa shape index (κ1) is 17.7. The first-order chi connectivity index (χ1) is 11.0. The lowest BCUT2D eigenvalue weighted by molar-refractivity contribution is 0.611. The van der Waals surface area contributed by atoms with Crippen LogP contribution in [0, 0.1) is 17.7 Å². The van der Waals surface area contributed by atoms with Crippen LogP contribution in [-0.2, 0) is 6.42 Å². The summed E-state index contributed by atoms with van der Waals surface area (Å²) in [4.78, 5) is 0. The Kier molecular flexibility index (Phi) is 6.38. The van der Waals surface area contributed by atoms with Gasteiger partial charge >= 0.3 is 0 Å². The van der Waals surface area contributed by atoms with Crippen molar-refractivity contribution in [1.29, 1.82) is 0 Å². The quantitative estimate of drug-likeness (QED) is 0.544. The Hall–Kier alpha value is -1.63. The van der Waals surface area contributed by atoms with E-state index >= 15 is 0 Å². The fraction of sp³-hybridized carbons (Fsp3) is 0.409. The van der Waals surface area contributed by atoms with Crippen LogP contribution in [0.5, 0.6) is 0 Å². The minimum Gasteiger partial charge on any atom is -0.207 e. The molecule has 0 N–H and O–H groups in total. The molecule has 2 aromatic carbocycles. The third-order valence-electron chi connectivity index (χ3n) is 4.74. The average Bonchev–Trinajstić information content (AvgIpc) is 2.56. The van der Waals surface area contributed by atoms with Gasteiger partial charge in [0.2, 0.25) is 0 Å². The van der Waals surface area contributed by atoms with Gasteiger partial charge in [0.05, 0.1) is 0 Å². The first-order valence-corrected chi connectivity index (χ1v) is 8.72. The zero-order valence-electron chi connectivity index (χ0n) is 14.8. The van der Waals surface area contributed by atoms with Crippen molar-refractivity contribution in [3.05, 3.63) is 77.0 Å². The Morgan fingerprint density at radius 2 is 1.61 bits per heavy atom. The van der Waals surface area contributed by atoms with Crippen LogP contribution < -0.4 is 0 Å². The number of hydrogen-bond acceptors (Lipinski definition) is 0. The summed E-state index contributed by atoms with van der Waals surface area (Å²) in [5.74, 6) is 2.43. The van der Waals surface area contributed by atoms with Gasteiger partial charge in [-0.05, 0) is 59.9 Å². The highest BCUT2D eigenvalue weighted by atomic mass is 19.1. The van der Waals surface area contributed by atoms with Gasteiger partial charge in [-0.15, -0.1) is 0 Å². The summed E-state index contributed by atoms with van der Waals surface area (Å²) in [5.41, 5.74) is 4.07. The molecular weight excluding hydrogens is 283 g/mol. The standard InChI is InChI=1S/C22H28F/c1-5-17(4)21-8-6-7-9-22(21)20(16(2)3)15-12-18-10-13-19(23)14-11-18/h6-11,13-14,16-17H,5,12,15H2,1-4H3. The Bertz CT molecular complexity index is 598. The second-order valence-electron chi connectivity index (χ2n) is 6.70. The molecule has 0 amide bonds. The molecule has 1 heteroatoms. The van der Waals surface area contributed by atoms with Crippen molar-refractivity contribution < 1.29 is 4.39 Å². The molecule has 23 heavy (non-hydrogen) atoms. The van der Waals surface area contributed by atoms with Crippen molar-refractivity contribution >= 4 is 0 Å². The highest BCUT2D eigenvalue weighted by Gasteiger charge is 2.21. The molecule has 0 heterocycles. The second-order valence-corrected chi connectivity index (χ2v) is 6.70. The topological polar surface area (TPSA) is 0 Å². The first-order valence-electron chi connectivity index (χ1n) is 8.72. The molecular formula is C22H28F. The van der Waals surface area contributed by atoms with Crippen LogP contribution in [0.4, 0.5) is 4.39 Å². The van der Waals surface area contributed by atoms with Crippen LogP contribution in [0.25, 0.3) is 0 Å². The van der Waals surface area contributed by atoms with Gasteiger partial charge in [0.25, 0.3) is 0 Å². The fourth-order valence-corrected chi connectivity index (χ4v) is 3.10. The van der Waals surface area contributed by atoms with Gasteiger partial charge in [-0.1, -0.05) is 64.1 Å². The minimum absolute atomic E-state index is 0.163. The number of halogens is 1. The van der Waals surface area contributed by atoms with E-state index in [-0.39, 0.29) is 5.82 Å². The SMILES string of the molecule is CCC(C)c1ccccc1[C](CCc1ccc(F)cc1)C(C)C. The summed E-state index contributed by atoms with van der Waals surface area (Å²) in [6.45, 7) is 9.09. The number of benzene rings is 2. The lowest BCUT2D eigenvalue weighted by atomic mass is 9.79. The summed E-state index contributed by atoms with van der Waals surface area (Å²) < 4.78 is 13.1. The zero-order valence-corrected chi connectivity index (χ0v) is 14.8. The molecule has 0 bridgehead atoms. The molecule has 1 unspecified atom stereocenters. The third-order valence-corrected chi connectivity index (χ3v) is 4.74. The molecule has 0 saturated heterocycles. The van der Waals surface area contributed by atoms with Crippen LogP contribution in [0.15, 0.2) is 48.5 Å². The Labute approximate surface area is 140 Å². The van der Waals surface area contributed by atoms with Gasteiger partial charge in [0, 0.05) is 5.92 Å². The molecule has 0 nitrogen and oxygen atoms in total. The van der Waals surface area contributed by atoms with E-state index in [4.69, 9.17) is 0 Å². The fourth-order valence-electron chi connectivity index (χ4n) is 3.10. The largest absolute Gasteiger partial charge is 0.207 e. The molecule has 0 fully saturated rings. The number of rotatable bonds is 7. The molecule has 2 aromatic rings. The normalized spacial score (nSPS) is 12.8.